The number of carbonyl (C=O) groups excluding carboxylic acids is 1. The molecule has 1 aromatic heterocycles. The van der Waals surface area contributed by atoms with Gasteiger partial charge in [0.05, 0.1) is 6.26 Å². The van der Waals surface area contributed by atoms with Gasteiger partial charge in [0.1, 0.15) is 0 Å². The predicted octanol–water partition coefficient (Wildman–Crippen LogP) is 3.90. The van der Waals surface area contributed by atoms with Crippen molar-refractivity contribution in [2.75, 3.05) is 5.32 Å². The molecule has 0 bridgehead atoms. The number of hydrogen-bond donors (Lipinski definition) is 2. The minimum absolute atomic E-state index is 0.105. The molecular formula is C18H13NO4. The van der Waals surface area contributed by atoms with Crippen molar-refractivity contribution in [1.82, 2.24) is 0 Å². The summed E-state index contributed by atoms with van der Waals surface area (Å²) in [7, 11) is 0. The van der Waals surface area contributed by atoms with E-state index < -0.39 is 5.97 Å². The molecule has 0 aliphatic rings. The maximum Gasteiger partial charge on any atom is 0.372 e. The first-order valence-electron chi connectivity index (χ1n) is 6.93. The van der Waals surface area contributed by atoms with Crippen molar-refractivity contribution in [2.24, 2.45) is 0 Å². The number of anilines is 1. The van der Waals surface area contributed by atoms with Crippen LogP contribution < -0.4 is 5.32 Å². The standard InChI is InChI=1S/C18H13NO4/c20-17(13-4-2-1-3-5-13)19-14-8-6-12(7-9-14)15-10-11-23-16(15)18(21)22/h1-11H,(H,19,20)(H,21,22). The van der Waals surface area contributed by atoms with Crippen LogP contribution >= 0.6 is 0 Å². The van der Waals surface area contributed by atoms with Gasteiger partial charge in [0.15, 0.2) is 0 Å². The summed E-state index contributed by atoms with van der Waals surface area (Å²) in [6, 6.07) is 17.4. The van der Waals surface area contributed by atoms with E-state index in [2.05, 4.69) is 5.32 Å². The molecule has 0 fully saturated rings. The number of nitrogens with one attached hydrogen (secondary N) is 1. The van der Waals surface area contributed by atoms with Gasteiger partial charge in [-0.05, 0) is 35.9 Å². The van der Waals surface area contributed by atoms with Crippen LogP contribution in [0, 0.1) is 0 Å². The summed E-state index contributed by atoms with van der Waals surface area (Å²) in [5.41, 5.74) is 2.40. The van der Waals surface area contributed by atoms with Crippen molar-refractivity contribution in [1.29, 1.82) is 0 Å². The molecule has 0 atom stereocenters. The van der Waals surface area contributed by atoms with Gasteiger partial charge >= 0.3 is 5.97 Å². The number of carboxylic acids is 1. The van der Waals surface area contributed by atoms with Crippen LogP contribution in [0.1, 0.15) is 20.9 Å². The highest BCUT2D eigenvalue weighted by Crippen LogP contribution is 2.26. The molecule has 114 valence electrons. The molecule has 1 amide bonds. The first-order valence-corrected chi connectivity index (χ1v) is 6.93. The number of amides is 1. The molecule has 3 rings (SSSR count). The lowest BCUT2D eigenvalue weighted by Gasteiger charge is -2.06. The van der Waals surface area contributed by atoms with Gasteiger partial charge in [0, 0.05) is 16.8 Å². The fourth-order valence-electron chi connectivity index (χ4n) is 2.23. The number of benzene rings is 2. The Morgan fingerprint density at radius 2 is 1.61 bits per heavy atom. The Bertz CT molecular complexity index is 835. The molecule has 0 saturated carbocycles. The van der Waals surface area contributed by atoms with Crippen LogP contribution in [-0.2, 0) is 0 Å². The van der Waals surface area contributed by atoms with Crippen molar-refractivity contribution < 1.29 is 19.1 Å². The van der Waals surface area contributed by atoms with Crippen LogP contribution in [0.5, 0.6) is 0 Å². The van der Waals surface area contributed by atoms with Gasteiger partial charge in [0.25, 0.3) is 5.91 Å². The maximum absolute atomic E-state index is 12.1. The molecule has 2 aromatic carbocycles. The van der Waals surface area contributed by atoms with Crippen LogP contribution in [0.15, 0.2) is 71.3 Å². The molecule has 0 spiro atoms. The van der Waals surface area contributed by atoms with E-state index in [4.69, 9.17) is 9.52 Å². The molecule has 5 heteroatoms. The highest BCUT2D eigenvalue weighted by Gasteiger charge is 2.15. The Kier molecular flexibility index (Phi) is 3.93. The fourth-order valence-corrected chi connectivity index (χ4v) is 2.23. The monoisotopic (exact) mass is 307 g/mol. The lowest BCUT2D eigenvalue weighted by Crippen LogP contribution is -2.11. The zero-order valence-corrected chi connectivity index (χ0v) is 12.0. The smallest absolute Gasteiger partial charge is 0.372 e. The summed E-state index contributed by atoms with van der Waals surface area (Å²) in [4.78, 5) is 23.1. The summed E-state index contributed by atoms with van der Waals surface area (Å²) in [6.07, 6.45) is 1.34. The van der Waals surface area contributed by atoms with E-state index in [1.165, 1.54) is 6.26 Å². The number of carboxylic acid groups (broad SMARTS) is 1. The minimum atomic E-state index is -1.12. The molecule has 3 aromatic rings. The van der Waals surface area contributed by atoms with Crippen molar-refractivity contribution in [3.05, 3.63) is 78.3 Å². The third kappa shape index (κ3) is 3.13. The fraction of sp³-hybridized carbons (Fsp3) is 0. The van der Waals surface area contributed by atoms with Crippen molar-refractivity contribution in [3.8, 4) is 11.1 Å². The zero-order chi connectivity index (χ0) is 16.2. The molecule has 5 nitrogen and oxygen atoms in total. The summed E-state index contributed by atoms with van der Waals surface area (Å²) >= 11 is 0. The van der Waals surface area contributed by atoms with E-state index in [9.17, 15) is 9.59 Å². The van der Waals surface area contributed by atoms with Crippen LogP contribution in [0.3, 0.4) is 0 Å². The number of hydrogen-bond acceptors (Lipinski definition) is 3. The van der Waals surface area contributed by atoms with Crippen LogP contribution in [0.2, 0.25) is 0 Å². The number of aromatic carboxylic acids is 1. The highest BCUT2D eigenvalue weighted by molar-refractivity contribution is 6.04. The van der Waals surface area contributed by atoms with Gasteiger partial charge in [-0.2, -0.15) is 0 Å². The third-order valence-electron chi connectivity index (χ3n) is 3.35. The Labute approximate surface area is 132 Å². The first-order chi connectivity index (χ1) is 11.1. The van der Waals surface area contributed by atoms with Gasteiger partial charge in [-0.1, -0.05) is 30.3 Å². The summed E-state index contributed by atoms with van der Waals surface area (Å²) in [6.45, 7) is 0. The second kappa shape index (κ2) is 6.19. The second-order valence-corrected chi connectivity index (χ2v) is 4.87. The van der Waals surface area contributed by atoms with E-state index in [0.29, 0.717) is 22.4 Å². The minimum Gasteiger partial charge on any atom is -0.475 e. The summed E-state index contributed by atoms with van der Waals surface area (Å²) in [5, 5.41) is 11.9. The lowest BCUT2D eigenvalue weighted by molar-refractivity contribution is 0.0663. The first kappa shape index (κ1) is 14.6. The zero-order valence-electron chi connectivity index (χ0n) is 12.0. The molecular weight excluding hydrogens is 294 g/mol. The lowest BCUT2D eigenvalue weighted by atomic mass is 10.1. The van der Waals surface area contributed by atoms with Crippen molar-refractivity contribution in [2.45, 2.75) is 0 Å². The van der Waals surface area contributed by atoms with Crippen LogP contribution in [0.25, 0.3) is 11.1 Å². The van der Waals surface area contributed by atoms with Crippen LogP contribution in [-0.4, -0.2) is 17.0 Å². The van der Waals surface area contributed by atoms with E-state index in [0.717, 1.165) is 0 Å². The number of carbonyl (C=O) groups is 2. The van der Waals surface area contributed by atoms with Gasteiger partial charge in [-0.25, -0.2) is 4.79 Å². The Balaban J connectivity index is 1.79. The van der Waals surface area contributed by atoms with Gasteiger partial charge in [-0.15, -0.1) is 0 Å². The summed E-state index contributed by atoms with van der Waals surface area (Å²) in [5.74, 6) is -1.43. The van der Waals surface area contributed by atoms with Gasteiger partial charge in [0.2, 0.25) is 5.76 Å². The van der Waals surface area contributed by atoms with Gasteiger partial charge in [-0.3, -0.25) is 4.79 Å². The van der Waals surface area contributed by atoms with E-state index in [1.807, 2.05) is 6.07 Å². The highest BCUT2D eigenvalue weighted by atomic mass is 16.4. The normalized spacial score (nSPS) is 10.3. The molecule has 0 unspecified atom stereocenters. The maximum atomic E-state index is 12.1. The van der Waals surface area contributed by atoms with Crippen molar-refractivity contribution in [3.63, 3.8) is 0 Å². The Morgan fingerprint density at radius 1 is 0.913 bits per heavy atom. The van der Waals surface area contributed by atoms with E-state index in [-0.39, 0.29) is 11.7 Å². The molecule has 0 aliphatic heterocycles. The number of furan rings is 1. The largest absolute Gasteiger partial charge is 0.475 e. The molecule has 0 saturated heterocycles. The topological polar surface area (TPSA) is 79.5 Å². The molecule has 0 radical (unpaired) electrons. The average molecular weight is 307 g/mol. The van der Waals surface area contributed by atoms with Crippen molar-refractivity contribution >= 4 is 17.6 Å². The Morgan fingerprint density at radius 3 is 2.26 bits per heavy atom. The second-order valence-electron chi connectivity index (χ2n) is 4.87. The van der Waals surface area contributed by atoms with E-state index >= 15 is 0 Å². The molecule has 1 heterocycles. The average Bonchev–Trinajstić information content (AvgIpc) is 3.06. The molecule has 2 N–H and O–H groups in total. The number of rotatable bonds is 4. The molecule has 0 aliphatic carbocycles. The van der Waals surface area contributed by atoms with E-state index in [1.54, 1.807) is 54.6 Å². The quantitative estimate of drug-likeness (QED) is 0.766. The SMILES string of the molecule is O=C(Nc1ccc(-c2ccoc2C(=O)O)cc1)c1ccccc1. The van der Waals surface area contributed by atoms with Crippen LogP contribution in [0.4, 0.5) is 5.69 Å². The summed E-state index contributed by atoms with van der Waals surface area (Å²) < 4.78 is 4.96. The molecule has 23 heavy (non-hydrogen) atoms. The third-order valence-corrected chi connectivity index (χ3v) is 3.35. The Hall–Kier alpha value is -3.34. The van der Waals surface area contributed by atoms with Gasteiger partial charge < -0.3 is 14.8 Å². The predicted molar refractivity (Wildman–Crippen MR) is 85.5 cm³/mol.